The zero-order chi connectivity index (χ0) is 15.8. The van der Waals surface area contributed by atoms with Gasteiger partial charge in [-0.15, -0.1) is 0 Å². The lowest BCUT2D eigenvalue weighted by molar-refractivity contribution is -0.137. The van der Waals surface area contributed by atoms with Gasteiger partial charge in [-0.25, -0.2) is 4.79 Å². The number of Topliss-reactive ketones (excluding diaryl/α,β-unsaturated/α-hetero) is 2. The topological polar surface area (TPSA) is 127 Å². The largest absolute Gasteiger partial charge is 0.507 e. The third kappa shape index (κ3) is 2.25. The van der Waals surface area contributed by atoms with Crippen LogP contribution >= 0.6 is 0 Å². The van der Waals surface area contributed by atoms with Gasteiger partial charge in [-0.2, -0.15) is 0 Å². The number of phenolic OH excluding ortho intramolecular Hbond substituents is 2. The van der Waals surface area contributed by atoms with Crippen molar-refractivity contribution in [2.24, 2.45) is 5.73 Å². The van der Waals surface area contributed by atoms with E-state index in [1.807, 2.05) is 0 Å². The van der Waals surface area contributed by atoms with E-state index in [-0.39, 0.29) is 18.4 Å². The lowest BCUT2D eigenvalue weighted by atomic mass is 9.75. The van der Waals surface area contributed by atoms with Crippen LogP contribution in [0.25, 0.3) is 0 Å². The van der Waals surface area contributed by atoms with Crippen LogP contribution in [-0.4, -0.2) is 34.9 Å². The Labute approximate surface area is 120 Å². The summed E-state index contributed by atoms with van der Waals surface area (Å²) in [6.45, 7) is 0. The molecule has 1 fully saturated rings. The Bertz CT molecular complexity index is 597. The van der Waals surface area contributed by atoms with Crippen LogP contribution < -0.4 is 5.73 Å². The first kappa shape index (κ1) is 15.0. The Morgan fingerprint density at radius 3 is 2.10 bits per heavy atom. The number of hydrogen-bond acceptors (Lipinski definition) is 7. The van der Waals surface area contributed by atoms with Crippen molar-refractivity contribution < 1.29 is 29.3 Å². The predicted molar refractivity (Wildman–Crippen MR) is 70.8 cm³/mol. The molecule has 1 aliphatic carbocycles. The summed E-state index contributed by atoms with van der Waals surface area (Å²) in [4.78, 5) is 35.5. The fourth-order valence-electron chi connectivity index (χ4n) is 2.43. The molecule has 1 saturated carbocycles. The maximum atomic E-state index is 12.0. The van der Waals surface area contributed by atoms with Gasteiger partial charge in [-0.1, -0.05) is 0 Å². The third-order valence-electron chi connectivity index (χ3n) is 3.63. The van der Waals surface area contributed by atoms with Gasteiger partial charge < -0.3 is 20.7 Å². The molecule has 1 aliphatic rings. The van der Waals surface area contributed by atoms with Gasteiger partial charge in [0.05, 0.1) is 7.11 Å². The second kappa shape index (κ2) is 5.17. The quantitative estimate of drug-likeness (QED) is 0.530. The number of nitrogens with two attached hydrogens (primary N) is 1. The van der Waals surface area contributed by atoms with Gasteiger partial charge in [-0.05, 0) is 24.1 Å². The number of esters is 1. The number of hydrogen-bond donors (Lipinski definition) is 3. The number of phenols is 2. The molecule has 0 aliphatic heterocycles. The summed E-state index contributed by atoms with van der Waals surface area (Å²) in [6.07, 6.45) is 0.708. The highest BCUT2D eigenvalue weighted by atomic mass is 16.5. The second-order valence-electron chi connectivity index (χ2n) is 4.89. The van der Waals surface area contributed by atoms with Gasteiger partial charge in [0.1, 0.15) is 17.1 Å². The summed E-state index contributed by atoms with van der Waals surface area (Å²) in [5, 5.41) is 19.7. The number of methoxy groups -OCH3 is 1. The third-order valence-corrected chi connectivity index (χ3v) is 3.63. The summed E-state index contributed by atoms with van der Waals surface area (Å²) < 4.78 is 4.43. The Hall–Kier alpha value is -2.41. The molecule has 7 nitrogen and oxygen atoms in total. The van der Waals surface area contributed by atoms with Gasteiger partial charge >= 0.3 is 5.97 Å². The van der Waals surface area contributed by atoms with Crippen molar-refractivity contribution in [2.45, 2.75) is 24.8 Å². The van der Waals surface area contributed by atoms with E-state index in [1.165, 1.54) is 0 Å². The van der Waals surface area contributed by atoms with Gasteiger partial charge in [0.2, 0.25) is 0 Å². The Morgan fingerprint density at radius 2 is 1.67 bits per heavy atom. The number of rotatable bonds is 2. The van der Waals surface area contributed by atoms with Gasteiger partial charge in [0.25, 0.3) is 0 Å². The number of aromatic hydroxyl groups is 2. The summed E-state index contributed by atoms with van der Waals surface area (Å²) in [5.41, 5.74) is 3.54. The molecule has 0 atom stereocenters. The molecular weight excluding hydrogens is 278 g/mol. The van der Waals surface area contributed by atoms with Crippen molar-refractivity contribution in [3.05, 3.63) is 23.3 Å². The normalized spacial score (nSPS) is 17.6. The molecule has 4 N–H and O–H groups in total. The van der Waals surface area contributed by atoms with Crippen LogP contribution in [0.1, 0.15) is 35.2 Å². The van der Waals surface area contributed by atoms with Gasteiger partial charge in [0.15, 0.2) is 17.1 Å². The average Bonchev–Trinajstić information content (AvgIpc) is 2.43. The number of ether oxygens (including phenoxy) is 1. The van der Waals surface area contributed by atoms with E-state index in [0.29, 0.717) is 6.42 Å². The van der Waals surface area contributed by atoms with Crippen LogP contribution in [0.15, 0.2) is 12.1 Å². The number of carbonyl (C=O) groups is 3. The Kier molecular flexibility index (Phi) is 3.69. The highest BCUT2D eigenvalue weighted by Gasteiger charge is 2.45. The molecule has 0 amide bonds. The van der Waals surface area contributed by atoms with Gasteiger partial charge in [0, 0.05) is 12.8 Å². The lowest BCUT2D eigenvalue weighted by Crippen LogP contribution is -2.53. The molecule has 0 heterocycles. The predicted octanol–water partition coefficient (Wildman–Crippen LogP) is 0.360. The molecule has 112 valence electrons. The summed E-state index contributed by atoms with van der Waals surface area (Å²) in [5.74, 6) is -3.11. The minimum absolute atomic E-state index is 0.0418. The minimum Gasteiger partial charge on any atom is -0.507 e. The van der Waals surface area contributed by atoms with Crippen molar-refractivity contribution in [3.63, 3.8) is 0 Å². The molecule has 1 aromatic rings. The van der Waals surface area contributed by atoms with E-state index in [2.05, 4.69) is 4.74 Å². The highest BCUT2D eigenvalue weighted by molar-refractivity contribution is 6.13. The molecule has 0 spiro atoms. The summed E-state index contributed by atoms with van der Waals surface area (Å²) in [6, 6.07) is 2.07. The number of benzene rings is 1. The minimum atomic E-state index is -1.90. The first-order chi connectivity index (χ1) is 9.82. The molecule has 0 unspecified atom stereocenters. The maximum absolute atomic E-state index is 12.0. The first-order valence-electron chi connectivity index (χ1n) is 6.32. The number of carbonyl (C=O) groups excluding carboxylic acids is 3. The molecule has 0 bridgehead atoms. The molecular formula is C14H15NO6. The van der Waals surface area contributed by atoms with E-state index in [0.717, 1.165) is 19.2 Å². The van der Waals surface area contributed by atoms with Crippen LogP contribution in [0, 0.1) is 0 Å². The summed E-state index contributed by atoms with van der Waals surface area (Å²) in [7, 11) is 1.09. The molecule has 21 heavy (non-hydrogen) atoms. The second-order valence-corrected chi connectivity index (χ2v) is 4.89. The molecule has 0 saturated heterocycles. The zero-order valence-corrected chi connectivity index (χ0v) is 11.4. The first-order valence-corrected chi connectivity index (χ1v) is 6.32. The summed E-state index contributed by atoms with van der Waals surface area (Å²) >= 11 is 0. The van der Waals surface area contributed by atoms with E-state index in [4.69, 9.17) is 5.73 Å². The highest BCUT2D eigenvalue weighted by Crippen LogP contribution is 2.36. The zero-order valence-electron chi connectivity index (χ0n) is 11.4. The molecule has 2 rings (SSSR count). The van der Waals surface area contributed by atoms with E-state index >= 15 is 0 Å². The van der Waals surface area contributed by atoms with Gasteiger partial charge in [-0.3, -0.25) is 9.59 Å². The standard InChI is InChI=1S/C14H15NO6/c1-21-13(20)12-8(16)5-7(6-9(12)17)14(15)10(18)3-2-4-11(14)19/h5-6,16-17H,2-4,15H2,1H3. The average molecular weight is 293 g/mol. The van der Waals surface area contributed by atoms with E-state index < -0.39 is 40.1 Å². The SMILES string of the molecule is COC(=O)c1c(O)cc(C2(N)C(=O)CCCC2=O)cc1O. The van der Waals surface area contributed by atoms with Crippen molar-refractivity contribution in [1.82, 2.24) is 0 Å². The fraction of sp³-hybridized carbons (Fsp3) is 0.357. The Balaban J connectivity index is 2.58. The number of ketones is 2. The van der Waals surface area contributed by atoms with E-state index in [1.54, 1.807) is 0 Å². The molecule has 1 aromatic carbocycles. The van der Waals surface area contributed by atoms with Crippen molar-refractivity contribution in [2.75, 3.05) is 7.11 Å². The lowest BCUT2D eigenvalue weighted by Gasteiger charge is -2.31. The monoisotopic (exact) mass is 293 g/mol. The van der Waals surface area contributed by atoms with Crippen molar-refractivity contribution >= 4 is 17.5 Å². The van der Waals surface area contributed by atoms with Crippen LogP contribution in [0.3, 0.4) is 0 Å². The van der Waals surface area contributed by atoms with Crippen molar-refractivity contribution in [3.8, 4) is 11.5 Å². The van der Waals surface area contributed by atoms with Crippen LogP contribution in [0.4, 0.5) is 0 Å². The van der Waals surface area contributed by atoms with Crippen LogP contribution in [-0.2, 0) is 19.9 Å². The van der Waals surface area contributed by atoms with Crippen LogP contribution in [0.5, 0.6) is 11.5 Å². The molecule has 7 heteroatoms. The molecule has 0 aromatic heterocycles. The van der Waals surface area contributed by atoms with E-state index in [9.17, 15) is 24.6 Å². The molecule has 0 radical (unpaired) electrons. The fourth-order valence-corrected chi connectivity index (χ4v) is 2.43. The Morgan fingerprint density at radius 1 is 1.19 bits per heavy atom. The smallest absolute Gasteiger partial charge is 0.345 e. The maximum Gasteiger partial charge on any atom is 0.345 e. The van der Waals surface area contributed by atoms with Crippen molar-refractivity contribution in [1.29, 1.82) is 0 Å². The van der Waals surface area contributed by atoms with Crippen LogP contribution in [0.2, 0.25) is 0 Å².